The van der Waals surface area contributed by atoms with Gasteiger partial charge in [0, 0.05) is 11.6 Å². The van der Waals surface area contributed by atoms with Crippen molar-refractivity contribution in [2.45, 2.75) is 18.9 Å². The second kappa shape index (κ2) is 5.05. The van der Waals surface area contributed by atoms with E-state index in [1.165, 1.54) is 0 Å². The van der Waals surface area contributed by atoms with E-state index >= 15 is 0 Å². The Bertz CT molecular complexity index is 440. The monoisotopic (exact) mass is 302 g/mol. The van der Waals surface area contributed by atoms with E-state index in [1.54, 1.807) is 12.1 Å². The molecule has 1 aliphatic carbocycles. The third kappa shape index (κ3) is 2.49. The van der Waals surface area contributed by atoms with Crippen LogP contribution in [0.5, 0.6) is 5.75 Å². The van der Waals surface area contributed by atoms with Crippen LogP contribution in [-0.4, -0.2) is 5.11 Å². The number of phenols is 1. The average molecular weight is 304 g/mol. The lowest BCUT2D eigenvalue weighted by atomic mass is 10.0. The smallest absolute Gasteiger partial charge is 0.134 e. The van der Waals surface area contributed by atoms with E-state index in [4.69, 9.17) is 11.0 Å². The van der Waals surface area contributed by atoms with Gasteiger partial charge in [-0.2, -0.15) is 5.26 Å². The summed E-state index contributed by atoms with van der Waals surface area (Å²) < 4.78 is 0.535. The van der Waals surface area contributed by atoms with Crippen molar-refractivity contribution in [1.82, 2.24) is 0 Å². The summed E-state index contributed by atoms with van der Waals surface area (Å²) in [5.41, 5.74) is 7.19. The fourth-order valence-electron chi connectivity index (χ4n) is 1.65. The number of nitrogens with two attached hydrogens (primary N) is 1. The maximum atomic E-state index is 9.83. The van der Waals surface area contributed by atoms with Crippen LogP contribution in [0, 0.1) is 17.2 Å². The molecule has 0 radical (unpaired) electrons. The molecule has 1 aromatic carbocycles. The minimum absolute atomic E-state index is 0. The number of hydrogen-bond acceptors (Lipinski definition) is 3. The average Bonchev–Trinajstić information content (AvgIpc) is 3.04. The topological polar surface area (TPSA) is 70.0 Å². The summed E-state index contributed by atoms with van der Waals surface area (Å²) in [6, 6.07) is 5.16. The first-order valence-corrected chi connectivity index (χ1v) is 5.61. The predicted octanol–water partition coefficient (Wildman–Crippen LogP) is 2.86. The van der Waals surface area contributed by atoms with Crippen LogP contribution in [0.4, 0.5) is 0 Å². The molecule has 0 aromatic heterocycles. The Labute approximate surface area is 109 Å². The molecule has 1 aliphatic rings. The van der Waals surface area contributed by atoms with Crippen molar-refractivity contribution in [2.24, 2.45) is 11.7 Å². The number of aromatic hydroxyl groups is 1. The fraction of sp³-hybridized carbons (Fsp3) is 0.364. The maximum Gasteiger partial charge on any atom is 0.134 e. The van der Waals surface area contributed by atoms with Gasteiger partial charge in [-0.1, -0.05) is 0 Å². The van der Waals surface area contributed by atoms with Crippen molar-refractivity contribution in [1.29, 1.82) is 5.26 Å². The first-order chi connectivity index (χ1) is 7.13. The molecular weight excluding hydrogens is 291 g/mol. The molecule has 0 amide bonds. The maximum absolute atomic E-state index is 9.83. The van der Waals surface area contributed by atoms with Crippen molar-refractivity contribution in [3.05, 3.63) is 27.7 Å². The molecule has 16 heavy (non-hydrogen) atoms. The van der Waals surface area contributed by atoms with Gasteiger partial charge >= 0.3 is 0 Å². The second-order valence-corrected chi connectivity index (χ2v) is 4.73. The van der Waals surface area contributed by atoms with E-state index < -0.39 is 0 Å². The Morgan fingerprint density at radius 1 is 1.50 bits per heavy atom. The van der Waals surface area contributed by atoms with Gasteiger partial charge in [-0.3, -0.25) is 0 Å². The van der Waals surface area contributed by atoms with Crippen LogP contribution in [-0.2, 0) is 0 Å². The molecule has 0 unspecified atom stereocenters. The Balaban J connectivity index is 0.00000128. The number of hydrogen-bond donors (Lipinski definition) is 2. The molecule has 3 nitrogen and oxygen atoms in total. The van der Waals surface area contributed by atoms with Crippen LogP contribution in [0.2, 0.25) is 0 Å². The number of nitriles is 1. The number of nitrogens with zero attached hydrogens (tertiary/aromatic N) is 1. The van der Waals surface area contributed by atoms with E-state index in [0.717, 1.165) is 12.8 Å². The summed E-state index contributed by atoms with van der Waals surface area (Å²) in [7, 11) is 0. The summed E-state index contributed by atoms with van der Waals surface area (Å²) in [6.07, 6.45) is 2.21. The molecule has 0 bridgehead atoms. The molecule has 0 heterocycles. The summed E-state index contributed by atoms with van der Waals surface area (Å²) in [5, 5.41) is 18.6. The number of halogens is 2. The standard InChI is InChI=1S/C11H11BrN2O.ClH/c12-9-4-6(5-13)3-8(11(9)15)10(14)7-1-2-7;/h3-4,7,10,15H,1-2,14H2;1H/t10-;/m1./s1. The third-order valence-electron chi connectivity index (χ3n) is 2.71. The quantitative estimate of drug-likeness (QED) is 0.882. The normalized spacial score (nSPS) is 16.1. The highest BCUT2D eigenvalue weighted by Gasteiger charge is 2.31. The molecule has 2 rings (SSSR count). The Morgan fingerprint density at radius 3 is 2.62 bits per heavy atom. The SMILES string of the molecule is Cl.N#Cc1cc(Br)c(O)c([C@H](N)C2CC2)c1. The highest BCUT2D eigenvalue weighted by molar-refractivity contribution is 9.10. The van der Waals surface area contributed by atoms with E-state index in [9.17, 15) is 5.11 Å². The molecule has 1 fully saturated rings. The van der Waals surface area contributed by atoms with Gasteiger partial charge in [0.05, 0.1) is 16.1 Å². The van der Waals surface area contributed by atoms with Crippen molar-refractivity contribution in [3.63, 3.8) is 0 Å². The summed E-state index contributed by atoms with van der Waals surface area (Å²) >= 11 is 3.22. The Kier molecular flexibility index (Phi) is 4.20. The van der Waals surface area contributed by atoms with Crippen LogP contribution in [0.25, 0.3) is 0 Å². The number of benzene rings is 1. The molecule has 1 atom stereocenters. The van der Waals surface area contributed by atoms with Gasteiger partial charge in [0.1, 0.15) is 5.75 Å². The van der Waals surface area contributed by atoms with Crippen LogP contribution >= 0.6 is 28.3 Å². The molecule has 3 N–H and O–H groups in total. The largest absolute Gasteiger partial charge is 0.506 e. The van der Waals surface area contributed by atoms with Gasteiger partial charge in [-0.05, 0) is 46.8 Å². The molecule has 0 saturated heterocycles. The van der Waals surface area contributed by atoms with Crippen molar-refractivity contribution >= 4 is 28.3 Å². The van der Waals surface area contributed by atoms with Crippen LogP contribution in [0.15, 0.2) is 16.6 Å². The zero-order valence-corrected chi connectivity index (χ0v) is 10.9. The predicted molar refractivity (Wildman–Crippen MR) is 67.4 cm³/mol. The van der Waals surface area contributed by atoms with E-state index in [1.807, 2.05) is 0 Å². The highest BCUT2D eigenvalue weighted by atomic mass is 79.9. The van der Waals surface area contributed by atoms with E-state index in [2.05, 4.69) is 22.0 Å². The van der Waals surface area contributed by atoms with Gasteiger partial charge < -0.3 is 10.8 Å². The molecule has 5 heteroatoms. The lowest BCUT2D eigenvalue weighted by Gasteiger charge is -2.14. The zero-order chi connectivity index (χ0) is 11.0. The van der Waals surface area contributed by atoms with Crippen LogP contribution in [0.1, 0.15) is 30.0 Å². The van der Waals surface area contributed by atoms with Crippen molar-refractivity contribution in [3.8, 4) is 11.8 Å². The lowest BCUT2D eigenvalue weighted by Crippen LogP contribution is -2.12. The molecular formula is C11H12BrClN2O. The van der Waals surface area contributed by atoms with E-state index in [-0.39, 0.29) is 24.2 Å². The highest BCUT2D eigenvalue weighted by Crippen LogP contribution is 2.43. The molecule has 0 aliphatic heterocycles. The van der Waals surface area contributed by atoms with Gasteiger partial charge in [0.2, 0.25) is 0 Å². The summed E-state index contributed by atoms with van der Waals surface area (Å²) in [6.45, 7) is 0. The molecule has 86 valence electrons. The minimum Gasteiger partial charge on any atom is -0.506 e. The Hall–Kier alpha value is -0.760. The number of phenolic OH excluding ortho intramolecular Hbond substituents is 1. The summed E-state index contributed by atoms with van der Waals surface area (Å²) in [4.78, 5) is 0. The van der Waals surface area contributed by atoms with Gasteiger partial charge in [0.25, 0.3) is 0 Å². The molecule has 0 spiro atoms. The molecule has 1 aromatic rings. The fourth-order valence-corrected chi connectivity index (χ4v) is 2.12. The van der Waals surface area contributed by atoms with Gasteiger partial charge in [-0.15, -0.1) is 12.4 Å². The van der Waals surface area contributed by atoms with Crippen LogP contribution < -0.4 is 5.73 Å². The van der Waals surface area contributed by atoms with E-state index in [0.29, 0.717) is 21.5 Å². The third-order valence-corrected chi connectivity index (χ3v) is 3.32. The first-order valence-electron chi connectivity index (χ1n) is 4.81. The lowest BCUT2D eigenvalue weighted by molar-refractivity contribution is 0.453. The Morgan fingerprint density at radius 2 is 2.12 bits per heavy atom. The molecule has 1 saturated carbocycles. The van der Waals surface area contributed by atoms with Crippen molar-refractivity contribution in [2.75, 3.05) is 0 Å². The summed E-state index contributed by atoms with van der Waals surface area (Å²) in [5.74, 6) is 0.616. The van der Waals surface area contributed by atoms with Gasteiger partial charge in [-0.25, -0.2) is 0 Å². The van der Waals surface area contributed by atoms with Crippen LogP contribution in [0.3, 0.4) is 0 Å². The zero-order valence-electron chi connectivity index (χ0n) is 8.48. The number of rotatable bonds is 2. The van der Waals surface area contributed by atoms with Gasteiger partial charge in [0.15, 0.2) is 0 Å². The minimum atomic E-state index is -0.158. The second-order valence-electron chi connectivity index (χ2n) is 3.87. The van der Waals surface area contributed by atoms with Crippen molar-refractivity contribution < 1.29 is 5.11 Å². The first kappa shape index (κ1) is 13.3.